The number of rotatable bonds is 11. The third-order valence-corrected chi connectivity index (χ3v) is 7.58. The van der Waals surface area contributed by atoms with Crippen molar-refractivity contribution in [3.8, 4) is 0 Å². The standard InChI is InChI=1S/C25H27F6N7O5/c26-23(27)42-11-16-20(37-43-36-16)22(41)35-19(13-1-3-24(28,29)4-2-13)15-10-38-17(33-15)6-14(9-32-38)21(40)34-18(39)5-12-7-25(30,31)8-12/h6,9-10,12-13,19,21,23,40H,1-5,7-8,11H2,(H,34,39)(H,35,41)/t19?,21-/m1/s1. The van der Waals surface area contributed by atoms with Crippen molar-refractivity contribution in [2.75, 3.05) is 0 Å². The number of carbonyl (C=O) groups is 2. The van der Waals surface area contributed by atoms with Crippen LogP contribution in [-0.4, -0.2) is 60.3 Å². The minimum absolute atomic E-state index is 0.0284. The minimum Gasteiger partial charge on any atom is -0.369 e. The molecule has 2 atom stereocenters. The van der Waals surface area contributed by atoms with Crippen LogP contribution < -0.4 is 10.6 Å². The van der Waals surface area contributed by atoms with E-state index < -0.39 is 92.4 Å². The monoisotopic (exact) mass is 619 g/mol. The topological polar surface area (TPSA) is 157 Å². The lowest BCUT2D eigenvalue weighted by atomic mass is 9.79. The third kappa shape index (κ3) is 7.41. The lowest BCUT2D eigenvalue weighted by molar-refractivity contribution is -0.138. The van der Waals surface area contributed by atoms with E-state index in [0.29, 0.717) is 0 Å². The van der Waals surface area contributed by atoms with Crippen molar-refractivity contribution in [1.29, 1.82) is 0 Å². The summed E-state index contributed by atoms with van der Waals surface area (Å²) in [7, 11) is 0. The molecule has 3 aromatic heterocycles. The van der Waals surface area contributed by atoms with Crippen LogP contribution in [0.1, 0.15) is 84.7 Å². The van der Waals surface area contributed by atoms with Gasteiger partial charge < -0.3 is 20.5 Å². The molecular formula is C25H27F6N7O5. The summed E-state index contributed by atoms with van der Waals surface area (Å²) in [4.78, 5) is 29.8. The Morgan fingerprint density at radius 2 is 1.84 bits per heavy atom. The second kappa shape index (κ2) is 12.1. The van der Waals surface area contributed by atoms with Gasteiger partial charge in [0, 0.05) is 37.7 Å². The van der Waals surface area contributed by atoms with Crippen molar-refractivity contribution in [2.24, 2.45) is 11.8 Å². The number of imidazole rings is 1. The summed E-state index contributed by atoms with van der Waals surface area (Å²) >= 11 is 0. The molecule has 0 bridgehead atoms. The lowest BCUT2D eigenvalue weighted by Crippen LogP contribution is -2.39. The lowest BCUT2D eigenvalue weighted by Gasteiger charge is -2.34. The number of halogens is 6. The smallest absolute Gasteiger partial charge is 0.345 e. The van der Waals surface area contributed by atoms with Gasteiger partial charge in [-0.25, -0.2) is 31.7 Å². The highest BCUT2D eigenvalue weighted by Gasteiger charge is 2.46. The molecule has 5 rings (SSSR count). The molecule has 12 nitrogen and oxygen atoms in total. The molecule has 3 N–H and O–H groups in total. The number of ether oxygens (including phenoxy) is 1. The number of nitrogens with zero attached hydrogens (tertiary/aromatic N) is 5. The van der Waals surface area contributed by atoms with Gasteiger partial charge >= 0.3 is 6.61 Å². The third-order valence-electron chi connectivity index (χ3n) is 7.58. The maximum Gasteiger partial charge on any atom is 0.345 e. The molecule has 3 aromatic rings. The zero-order valence-corrected chi connectivity index (χ0v) is 22.4. The number of carbonyl (C=O) groups excluding carboxylic acids is 2. The highest BCUT2D eigenvalue weighted by Crippen LogP contribution is 2.44. The maximum atomic E-state index is 13.9. The highest BCUT2D eigenvalue weighted by molar-refractivity contribution is 5.93. The first kappa shape index (κ1) is 30.7. The minimum atomic E-state index is -3.14. The van der Waals surface area contributed by atoms with Crippen LogP contribution in [0.25, 0.3) is 5.65 Å². The fourth-order valence-electron chi connectivity index (χ4n) is 5.35. The van der Waals surface area contributed by atoms with Crippen LogP contribution in [0.4, 0.5) is 26.3 Å². The van der Waals surface area contributed by atoms with Crippen LogP contribution in [0.3, 0.4) is 0 Å². The van der Waals surface area contributed by atoms with Gasteiger partial charge in [0.05, 0.1) is 24.1 Å². The van der Waals surface area contributed by atoms with Crippen LogP contribution in [0.2, 0.25) is 0 Å². The summed E-state index contributed by atoms with van der Waals surface area (Å²) in [6.45, 7) is -3.90. The SMILES string of the molecule is O=C(CC1CC(F)(F)C1)N[C@H](O)c1cnn2cc(C(NC(=O)c3nonc3COC(F)F)C3CCC(F)(F)CC3)nc2c1. The second-order valence-corrected chi connectivity index (χ2v) is 10.8. The van der Waals surface area contributed by atoms with Gasteiger partial charge in [-0.05, 0) is 35.9 Å². The molecule has 2 fully saturated rings. The van der Waals surface area contributed by atoms with E-state index in [-0.39, 0.29) is 41.9 Å². The Hall–Kier alpha value is -3.80. The molecule has 2 aliphatic carbocycles. The molecule has 1 unspecified atom stereocenters. The second-order valence-electron chi connectivity index (χ2n) is 10.8. The first-order valence-corrected chi connectivity index (χ1v) is 13.4. The zero-order valence-electron chi connectivity index (χ0n) is 22.4. The van der Waals surface area contributed by atoms with E-state index in [4.69, 9.17) is 0 Å². The molecular weight excluding hydrogens is 592 g/mol. The van der Waals surface area contributed by atoms with Crippen LogP contribution in [0.15, 0.2) is 23.1 Å². The number of alkyl halides is 6. The largest absolute Gasteiger partial charge is 0.369 e. The average molecular weight is 620 g/mol. The molecule has 3 heterocycles. The van der Waals surface area contributed by atoms with Gasteiger partial charge in [-0.15, -0.1) is 0 Å². The summed E-state index contributed by atoms with van der Waals surface area (Å²) in [6.07, 6.45) is -0.589. The van der Waals surface area contributed by atoms with Crippen molar-refractivity contribution in [3.05, 3.63) is 41.1 Å². The van der Waals surface area contributed by atoms with Gasteiger partial charge in [0.1, 0.15) is 12.3 Å². The number of nitrogens with one attached hydrogen (secondary N) is 2. The maximum absolute atomic E-state index is 13.9. The van der Waals surface area contributed by atoms with E-state index in [1.807, 2.05) is 0 Å². The Morgan fingerprint density at radius 1 is 1.12 bits per heavy atom. The summed E-state index contributed by atoms with van der Waals surface area (Å²) in [5, 5.41) is 26.5. The van der Waals surface area contributed by atoms with E-state index in [9.17, 15) is 41.0 Å². The molecule has 2 saturated carbocycles. The molecule has 0 aliphatic heterocycles. The molecule has 2 amide bonds. The number of aromatic nitrogens is 5. The first-order chi connectivity index (χ1) is 20.3. The van der Waals surface area contributed by atoms with Crippen LogP contribution >= 0.6 is 0 Å². The quantitative estimate of drug-likeness (QED) is 0.215. The van der Waals surface area contributed by atoms with Crippen molar-refractivity contribution in [2.45, 2.75) is 82.3 Å². The van der Waals surface area contributed by atoms with E-state index in [1.54, 1.807) is 0 Å². The Labute approximate surface area is 239 Å². The number of fused-ring (bicyclic) bond motifs is 1. The Balaban J connectivity index is 1.33. The van der Waals surface area contributed by atoms with E-state index in [1.165, 1.54) is 23.0 Å². The van der Waals surface area contributed by atoms with E-state index in [0.717, 1.165) is 0 Å². The van der Waals surface area contributed by atoms with Crippen molar-refractivity contribution in [1.82, 2.24) is 35.5 Å². The molecule has 0 radical (unpaired) electrons. The molecule has 234 valence electrons. The number of aliphatic hydroxyl groups is 1. The number of hydrogen-bond donors (Lipinski definition) is 3. The number of aliphatic hydroxyl groups excluding tert-OH is 1. The van der Waals surface area contributed by atoms with Gasteiger partial charge in [-0.1, -0.05) is 5.16 Å². The van der Waals surface area contributed by atoms with E-state index in [2.05, 4.69) is 40.4 Å². The van der Waals surface area contributed by atoms with Crippen molar-refractivity contribution >= 4 is 17.5 Å². The average Bonchev–Trinajstić information content (AvgIpc) is 3.56. The van der Waals surface area contributed by atoms with Crippen molar-refractivity contribution < 1.29 is 50.4 Å². The molecule has 18 heteroatoms. The Morgan fingerprint density at radius 3 is 2.51 bits per heavy atom. The molecule has 43 heavy (non-hydrogen) atoms. The number of hydrogen-bond acceptors (Lipinski definition) is 9. The van der Waals surface area contributed by atoms with Gasteiger partial charge in [-0.2, -0.15) is 13.9 Å². The van der Waals surface area contributed by atoms with Crippen LogP contribution in [-0.2, 0) is 16.1 Å². The van der Waals surface area contributed by atoms with Gasteiger partial charge in [0.25, 0.3) is 5.91 Å². The molecule has 2 aliphatic rings. The summed E-state index contributed by atoms with van der Waals surface area (Å²) in [6, 6.07) is 0.452. The predicted molar refractivity (Wildman–Crippen MR) is 131 cm³/mol. The number of amides is 2. The fraction of sp³-hybridized carbons (Fsp3) is 0.600. The molecule has 0 spiro atoms. The molecule has 0 saturated heterocycles. The first-order valence-electron chi connectivity index (χ1n) is 13.4. The summed E-state index contributed by atoms with van der Waals surface area (Å²) in [5.74, 6) is -8.12. The predicted octanol–water partition coefficient (Wildman–Crippen LogP) is 3.69. The Bertz CT molecular complexity index is 1450. The summed E-state index contributed by atoms with van der Waals surface area (Å²) in [5.41, 5.74) is -0.198. The fourth-order valence-corrected chi connectivity index (χ4v) is 5.35. The van der Waals surface area contributed by atoms with E-state index >= 15 is 0 Å². The molecule has 0 aromatic carbocycles. The zero-order chi connectivity index (χ0) is 30.9. The Kier molecular flexibility index (Phi) is 8.60. The summed E-state index contributed by atoms with van der Waals surface area (Å²) < 4.78 is 88.9. The van der Waals surface area contributed by atoms with Crippen LogP contribution in [0.5, 0.6) is 0 Å². The van der Waals surface area contributed by atoms with Gasteiger partial charge in [-0.3, -0.25) is 9.59 Å². The van der Waals surface area contributed by atoms with Gasteiger partial charge in [0.2, 0.25) is 17.8 Å². The van der Waals surface area contributed by atoms with Crippen LogP contribution in [0, 0.1) is 11.8 Å². The normalized spacial score (nSPS) is 20.1. The van der Waals surface area contributed by atoms with Gasteiger partial charge in [0.15, 0.2) is 17.6 Å². The van der Waals surface area contributed by atoms with Crippen molar-refractivity contribution in [3.63, 3.8) is 0 Å². The highest BCUT2D eigenvalue weighted by atomic mass is 19.3.